The van der Waals surface area contributed by atoms with Crippen LogP contribution in [0.1, 0.15) is 5.69 Å². The number of pyridine rings is 1. The number of aromatic amines is 1. The van der Waals surface area contributed by atoms with Gasteiger partial charge in [-0.15, -0.1) is 0 Å². The molecule has 2 aromatic carbocycles. The van der Waals surface area contributed by atoms with E-state index in [0.29, 0.717) is 28.6 Å². The minimum atomic E-state index is 0.186. The lowest BCUT2D eigenvalue weighted by Crippen LogP contribution is -1.99. The number of methoxy groups -OCH3 is 3. The molecule has 27 heavy (non-hydrogen) atoms. The standard InChI is InChI=1S/C20H19N3O4/c1-10-15-13-9-14(25-2)18(26-3)19(27-4)16(13)17(21-20(15)23-22-10)11-5-7-12(24)8-6-11/h5-9,24H,1-4H3,(H,21,22,23). The molecule has 0 spiro atoms. The number of aromatic nitrogens is 3. The van der Waals surface area contributed by atoms with E-state index in [4.69, 9.17) is 19.2 Å². The molecule has 0 aliphatic heterocycles. The lowest BCUT2D eigenvalue weighted by molar-refractivity contribution is 0.327. The molecule has 2 N–H and O–H groups in total. The van der Waals surface area contributed by atoms with Gasteiger partial charge in [0.05, 0.1) is 32.4 Å². The second-order valence-corrected chi connectivity index (χ2v) is 6.12. The molecule has 0 fully saturated rings. The molecule has 0 saturated carbocycles. The fourth-order valence-electron chi connectivity index (χ4n) is 3.40. The summed E-state index contributed by atoms with van der Waals surface area (Å²) in [5.74, 6) is 1.78. The second kappa shape index (κ2) is 6.35. The van der Waals surface area contributed by atoms with E-state index < -0.39 is 0 Å². The average Bonchev–Trinajstić information content (AvgIpc) is 3.07. The van der Waals surface area contributed by atoms with Gasteiger partial charge in [0.25, 0.3) is 0 Å². The summed E-state index contributed by atoms with van der Waals surface area (Å²) in [4.78, 5) is 4.76. The highest BCUT2D eigenvalue weighted by atomic mass is 16.5. The van der Waals surface area contributed by atoms with Gasteiger partial charge >= 0.3 is 0 Å². The van der Waals surface area contributed by atoms with E-state index in [-0.39, 0.29) is 5.75 Å². The van der Waals surface area contributed by atoms with Gasteiger partial charge in [-0.1, -0.05) is 0 Å². The van der Waals surface area contributed by atoms with Gasteiger partial charge in [-0.2, -0.15) is 5.10 Å². The molecule has 0 saturated heterocycles. The Kier molecular flexibility index (Phi) is 3.99. The van der Waals surface area contributed by atoms with E-state index in [2.05, 4.69) is 10.2 Å². The molecule has 0 radical (unpaired) electrons. The molecule has 4 aromatic rings. The van der Waals surface area contributed by atoms with Crippen molar-refractivity contribution in [2.24, 2.45) is 0 Å². The van der Waals surface area contributed by atoms with Gasteiger partial charge < -0.3 is 19.3 Å². The maximum Gasteiger partial charge on any atom is 0.204 e. The first-order valence-corrected chi connectivity index (χ1v) is 8.35. The highest BCUT2D eigenvalue weighted by Gasteiger charge is 2.23. The molecular formula is C20H19N3O4. The largest absolute Gasteiger partial charge is 0.508 e. The number of fused-ring (bicyclic) bond motifs is 3. The van der Waals surface area contributed by atoms with Crippen LogP contribution in [0.4, 0.5) is 0 Å². The minimum Gasteiger partial charge on any atom is -0.508 e. The molecule has 0 aliphatic carbocycles. The van der Waals surface area contributed by atoms with Crippen LogP contribution in [0.25, 0.3) is 33.1 Å². The highest BCUT2D eigenvalue weighted by Crippen LogP contribution is 2.48. The molecule has 2 heterocycles. The van der Waals surface area contributed by atoms with E-state index in [9.17, 15) is 5.11 Å². The zero-order chi connectivity index (χ0) is 19.1. The zero-order valence-electron chi connectivity index (χ0n) is 15.5. The topological polar surface area (TPSA) is 89.5 Å². The van der Waals surface area contributed by atoms with Crippen LogP contribution in [0.15, 0.2) is 30.3 Å². The summed E-state index contributed by atoms with van der Waals surface area (Å²) in [5, 5.41) is 19.5. The summed E-state index contributed by atoms with van der Waals surface area (Å²) in [6.45, 7) is 1.94. The van der Waals surface area contributed by atoms with Crippen LogP contribution in [0.3, 0.4) is 0 Å². The van der Waals surface area contributed by atoms with Gasteiger partial charge in [0.1, 0.15) is 5.75 Å². The molecule has 0 unspecified atom stereocenters. The van der Waals surface area contributed by atoms with Crippen molar-refractivity contribution < 1.29 is 19.3 Å². The van der Waals surface area contributed by atoms with Crippen LogP contribution >= 0.6 is 0 Å². The van der Waals surface area contributed by atoms with Crippen molar-refractivity contribution in [3.63, 3.8) is 0 Å². The Morgan fingerprint density at radius 3 is 2.26 bits per heavy atom. The Morgan fingerprint density at radius 2 is 1.63 bits per heavy atom. The van der Waals surface area contributed by atoms with Crippen LogP contribution < -0.4 is 14.2 Å². The number of rotatable bonds is 4. The van der Waals surface area contributed by atoms with Gasteiger partial charge in [0.15, 0.2) is 17.1 Å². The number of aromatic hydroxyl groups is 1. The third-order valence-electron chi connectivity index (χ3n) is 4.62. The normalized spacial score (nSPS) is 11.1. The summed E-state index contributed by atoms with van der Waals surface area (Å²) in [6.07, 6.45) is 0. The first-order valence-electron chi connectivity index (χ1n) is 8.35. The third-order valence-corrected chi connectivity index (χ3v) is 4.62. The van der Waals surface area contributed by atoms with Crippen molar-refractivity contribution in [1.29, 1.82) is 0 Å². The van der Waals surface area contributed by atoms with Crippen LogP contribution in [0.5, 0.6) is 23.0 Å². The van der Waals surface area contributed by atoms with Crippen LogP contribution in [0, 0.1) is 6.92 Å². The number of nitrogens with one attached hydrogen (secondary N) is 1. The number of nitrogens with zero attached hydrogens (tertiary/aromatic N) is 2. The van der Waals surface area contributed by atoms with E-state index >= 15 is 0 Å². The molecular weight excluding hydrogens is 346 g/mol. The number of phenols is 1. The average molecular weight is 365 g/mol. The molecule has 0 aliphatic rings. The fraction of sp³-hybridized carbons (Fsp3) is 0.200. The molecule has 4 rings (SSSR count). The first-order chi connectivity index (χ1) is 13.1. The fourth-order valence-corrected chi connectivity index (χ4v) is 3.40. The van der Waals surface area contributed by atoms with Gasteiger partial charge in [0, 0.05) is 22.0 Å². The summed E-state index contributed by atoms with van der Waals surface area (Å²) >= 11 is 0. The minimum absolute atomic E-state index is 0.186. The van der Waals surface area contributed by atoms with Gasteiger partial charge in [-0.3, -0.25) is 5.10 Å². The number of phenolic OH excluding ortho intramolecular Hbond substituents is 1. The maximum absolute atomic E-state index is 9.64. The van der Waals surface area contributed by atoms with E-state index in [0.717, 1.165) is 27.4 Å². The zero-order valence-corrected chi connectivity index (χ0v) is 15.5. The lowest BCUT2D eigenvalue weighted by Gasteiger charge is -2.17. The van der Waals surface area contributed by atoms with Crippen molar-refractivity contribution in [2.45, 2.75) is 6.92 Å². The molecule has 0 amide bonds. The molecule has 0 bridgehead atoms. The summed E-state index contributed by atoms with van der Waals surface area (Å²) < 4.78 is 16.8. The molecule has 7 nitrogen and oxygen atoms in total. The summed E-state index contributed by atoms with van der Waals surface area (Å²) in [7, 11) is 4.75. The van der Waals surface area contributed by atoms with E-state index in [1.165, 1.54) is 0 Å². The monoisotopic (exact) mass is 365 g/mol. The molecule has 0 atom stereocenters. The Hall–Kier alpha value is -3.48. The van der Waals surface area contributed by atoms with Crippen molar-refractivity contribution in [3.05, 3.63) is 36.0 Å². The Morgan fingerprint density at radius 1 is 0.926 bits per heavy atom. The predicted molar refractivity (Wildman–Crippen MR) is 103 cm³/mol. The number of hydrogen-bond acceptors (Lipinski definition) is 6. The van der Waals surface area contributed by atoms with Gasteiger partial charge in [-0.25, -0.2) is 4.98 Å². The van der Waals surface area contributed by atoms with Crippen molar-refractivity contribution >= 4 is 21.8 Å². The number of aryl methyl sites for hydroxylation is 1. The van der Waals surface area contributed by atoms with Gasteiger partial charge in [0.2, 0.25) is 5.75 Å². The third kappa shape index (κ3) is 2.51. The number of hydrogen-bond donors (Lipinski definition) is 2. The Bertz CT molecular complexity index is 1150. The lowest BCUT2D eigenvalue weighted by atomic mass is 9.99. The van der Waals surface area contributed by atoms with Gasteiger partial charge in [-0.05, 0) is 37.3 Å². The SMILES string of the molecule is COc1cc2c(c(-c3ccc(O)cc3)nc3n[nH]c(C)c32)c(OC)c1OC. The number of ether oxygens (including phenoxy) is 3. The van der Waals surface area contributed by atoms with Crippen molar-refractivity contribution in [1.82, 2.24) is 15.2 Å². The summed E-state index contributed by atoms with van der Waals surface area (Å²) in [5.41, 5.74) is 3.00. The van der Waals surface area contributed by atoms with Crippen molar-refractivity contribution in [2.75, 3.05) is 21.3 Å². The van der Waals surface area contributed by atoms with E-state index in [1.807, 2.05) is 13.0 Å². The first kappa shape index (κ1) is 17.0. The quantitative estimate of drug-likeness (QED) is 0.571. The molecule has 7 heteroatoms. The van der Waals surface area contributed by atoms with Crippen molar-refractivity contribution in [3.8, 4) is 34.3 Å². The van der Waals surface area contributed by atoms with Crippen LogP contribution in [0.2, 0.25) is 0 Å². The maximum atomic E-state index is 9.64. The number of benzene rings is 2. The summed E-state index contributed by atoms with van der Waals surface area (Å²) in [6, 6.07) is 8.76. The smallest absolute Gasteiger partial charge is 0.204 e. The second-order valence-electron chi connectivity index (χ2n) is 6.12. The molecule has 138 valence electrons. The predicted octanol–water partition coefficient (Wildman–Crippen LogP) is 3.82. The van der Waals surface area contributed by atoms with Crippen LogP contribution in [-0.4, -0.2) is 41.6 Å². The van der Waals surface area contributed by atoms with E-state index in [1.54, 1.807) is 45.6 Å². The van der Waals surface area contributed by atoms with Crippen LogP contribution in [-0.2, 0) is 0 Å². The highest BCUT2D eigenvalue weighted by molar-refractivity contribution is 6.15. The molecule has 2 aromatic heterocycles. The Labute approximate surface area is 155 Å². The number of H-pyrrole nitrogens is 1. The Balaban J connectivity index is 2.23.